The highest BCUT2D eigenvalue weighted by Gasteiger charge is 2.26. The second-order valence-electron chi connectivity index (χ2n) is 6.16. The highest BCUT2D eigenvalue weighted by atomic mass is 16.4. The lowest BCUT2D eigenvalue weighted by molar-refractivity contribution is -0.141. The number of anilines is 2. The molecule has 22 heavy (non-hydrogen) atoms. The van der Waals surface area contributed by atoms with Gasteiger partial charge in [-0.3, -0.25) is 4.79 Å². The summed E-state index contributed by atoms with van der Waals surface area (Å²) in [6, 6.07) is 3.96. The van der Waals surface area contributed by atoms with Gasteiger partial charge in [-0.25, -0.2) is 0 Å². The van der Waals surface area contributed by atoms with Crippen LogP contribution in [0.1, 0.15) is 12.8 Å². The van der Waals surface area contributed by atoms with E-state index in [0.29, 0.717) is 6.54 Å². The summed E-state index contributed by atoms with van der Waals surface area (Å²) in [5, 5.41) is 17.8. The van der Waals surface area contributed by atoms with Gasteiger partial charge in [0.05, 0.1) is 5.92 Å². The third-order valence-electron chi connectivity index (χ3n) is 4.56. The van der Waals surface area contributed by atoms with Crippen LogP contribution in [-0.2, 0) is 4.79 Å². The van der Waals surface area contributed by atoms with Crippen LogP contribution in [0, 0.1) is 5.92 Å². The Morgan fingerprint density at radius 1 is 1.09 bits per heavy atom. The molecule has 2 fully saturated rings. The van der Waals surface area contributed by atoms with Crippen molar-refractivity contribution in [2.24, 2.45) is 5.92 Å². The Kier molecular flexibility index (Phi) is 4.42. The van der Waals surface area contributed by atoms with Crippen LogP contribution in [0.25, 0.3) is 0 Å². The van der Waals surface area contributed by atoms with Gasteiger partial charge in [0.2, 0.25) is 0 Å². The number of carbonyl (C=O) groups is 1. The Bertz CT molecular complexity index is 513. The molecule has 2 aliphatic rings. The number of hydrogen-bond donors (Lipinski definition) is 1. The maximum absolute atomic E-state index is 11.1. The summed E-state index contributed by atoms with van der Waals surface area (Å²) < 4.78 is 0. The van der Waals surface area contributed by atoms with Crippen LogP contribution >= 0.6 is 0 Å². The van der Waals surface area contributed by atoms with E-state index < -0.39 is 5.97 Å². The van der Waals surface area contributed by atoms with Crippen molar-refractivity contribution in [1.82, 2.24) is 15.1 Å². The minimum Gasteiger partial charge on any atom is -0.481 e. The van der Waals surface area contributed by atoms with Crippen molar-refractivity contribution in [2.75, 3.05) is 56.1 Å². The molecule has 7 heteroatoms. The first-order valence-electron chi connectivity index (χ1n) is 7.88. The molecule has 7 nitrogen and oxygen atoms in total. The van der Waals surface area contributed by atoms with E-state index >= 15 is 0 Å². The molecule has 3 heterocycles. The monoisotopic (exact) mass is 305 g/mol. The number of nitrogens with zero attached hydrogens (tertiary/aromatic N) is 5. The van der Waals surface area contributed by atoms with Crippen LogP contribution in [0.15, 0.2) is 12.1 Å². The zero-order valence-electron chi connectivity index (χ0n) is 13.0. The molecule has 0 bridgehead atoms. The van der Waals surface area contributed by atoms with Crippen molar-refractivity contribution in [3.63, 3.8) is 0 Å². The summed E-state index contributed by atoms with van der Waals surface area (Å²) in [4.78, 5) is 17.7. The fraction of sp³-hybridized carbons (Fsp3) is 0.667. The zero-order valence-corrected chi connectivity index (χ0v) is 13.0. The first-order valence-corrected chi connectivity index (χ1v) is 7.88. The lowest BCUT2D eigenvalue weighted by Gasteiger charge is -2.34. The summed E-state index contributed by atoms with van der Waals surface area (Å²) in [5.41, 5.74) is 0. The van der Waals surface area contributed by atoms with E-state index in [9.17, 15) is 4.79 Å². The molecule has 0 aromatic carbocycles. The predicted octanol–water partition coefficient (Wildman–Crippen LogP) is 0.529. The molecule has 0 unspecified atom stereocenters. The zero-order chi connectivity index (χ0) is 15.5. The molecule has 0 amide bonds. The number of carboxylic acids is 1. The topological polar surface area (TPSA) is 72.8 Å². The van der Waals surface area contributed by atoms with Gasteiger partial charge in [-0.15, -0.1) is 10.2 Å². The standard InChI is InChI=1S/C15H23N5O2/c1-18-7-9-19(10-8-18)13-4-5-14(17-16-13)20-6-2-3-12(11-20)15(21)22/h4-5,12H,2-3,6-11H2,1H3,(H,21,22)/t12-/m1/s1. The summed E-state index contributed by atoms with van der Waals surface area (Å²) >= 11 is 0. The Labute approximate surface area is 130 Å². The second kappa shape index (κ2) is 6.48. The molecule has 3 rings (SSSR count). The molecule has 1 atom stereocenters. The molecule has 1 aromatic heterocycles. The summed E-state index contributed by atoms with van der Waals surface area (Å²) in [7, 11) is 2.13. The van der Waals surface area contributed by atoms with Gasteiger partial charge in [0.1, 0.15) is 0 Å². The highest BCUT2D eigenvalue weighted by Crippen LogP contribution is 2.22. The minimum atomic E-state index is -0.716. The van der Waals surface area contributed by atoms with Crippen LogP contribution in [0.5, 0.6) is 0 Å². The normalized spacial score (nSPS) is 23.6. The summed E-state index contributed by atoms with van der Waals surface area (Å²) in [6.07, 6.45) is 1.64. The number of aliphatic carboxylic acids is 1. The number of likely N-dealkylation sites (N-methyl/N-ethyl adjacent to an activating group) is 1. The van der Waals surface area contributed by atoms with Gasteiger partial charge in [0.15, 0.2) is 11.6 Å². The lowest BCUT2D eigenvalue weighted by Crippen LogP contribution is -2.45. The molecule has 2 saturated heterocycles. The number of hydrogen-bond acceptors (Lipinski definition) is 6. The first kappa shape index (κ1) is 15.0. The molecule has 0 radical (unpaired) electrons. The lowest BCUT2D eigenvalue weighted by atomic mass is 9.98. The molecular formula is C15H23N5O2. The molecule has 0 aliphatic carbocycles. The highest BCUT2D eigenvalue weighted by molar-refractivity contribution is 5.71. The maximum atomic E-state index is 11.1. The third kappa shape index (κ3) is 3.30. The van der Waals surface area contributed by atoms with Crippen molar-refractivity contribution in [2.45, 2.75) is 12.8 Å². The smallest absolute Gasteiger partial charge is 0.308 e. The number of piperidine rings is 1. The average Bonchev–Trinajstić information content (AvgIpc) is 2.56. The average molecular weight is 305 g/mol. The van der Waals surface area contributed by atoms with Gasteiger partial charge in [-0.05, 0) is 32.0 Å². The van der Waals surface area contributed by atoms with Crippen LogP contribution in [0.2, 0.25) is 0 Å². The molecule has 1 N–H and O–H groups in total. The van der Waals surface area contributed by atoms with Crippen LogP contribution in [0.3, 0.4) is 0 Å². The Morgan fingerprint density at radius 3 is 2.32 bits per heavy atom. The van der Waals surface area contributed by atoms with Gasteiger partial charge in [0.25, 0.3) is 0 Å². The van der Waals surface area contributed by atoms with Crippen molar-refractivity contribution in [3.05, 3.63) is 12.1 Å². The van der Waals surface area contributed by atoms with Gasteiger partial charge < -0.3 is 19.8 Å². The molecule has 120 valence electrons. The van der Waals surface area contributed by atoms with E-state index in [1.54, 1.807) is 0 Å². The quantitative estimate of drug-likeness (QED) is 0.873. The number of rotatable bonds is 3. The molecule has 0 saturated carbocycles. The van der Waals surface area contributed by atoms with E-state index in [1.807, 2.05) is 17.0 Å². The van der Waals surface area contributed by atoms with Gasteiger partial charge in [-0.1, -0.05) is 0 Å². The number of aromatic nitrogens is 2. The van der Waals surface area contributed by atoms with Crippen molar-refractivity contribution in [1.29, 1.82) is 0 Å². The van der Waals surface area contributed by atoms with E-state index in [0.717, 1.165) is 57.2 Å². The van der Waals surface area contributed by atoms with Gasteiger partial charge in [0, 0.05) is 39.3 Å². The first-order chi connectivity index (χ1) is 10.6. The second-order valence-corrected chi connectivity index (χ2v) is 6.16. The van der Waals surface area contributed by atoms with Gasteiger partial charge >= 0.3 is 5.97 Å². The van der Waals surface area contributed by atoms with Crippen molar-refractivity contribution in [3.8, 4) is 0 Å². The van der Waals surface area contributed by atoms with E-state index in [1.165, 1.54) is 0 Å². The Balaban J connectivity index is 1.65. The molecule has 1 aromatic rings. The Morgan fingerprint density at radius 2 is 1.73 bits per heavy atom. The van der Waals surface area contributed by atoms with Crippen molar-refractivity contribution < 1.29 is 9.90 Å². The SMILES string of the molecule is CN1CCN(c2ccc(N3CCC[C@@H](C(=O)O)C3)nn2)CC1. The van der Waals surface area contributed by atoms with Crippen molar-refractivity contribution >= 4 is 17.6 Å². The number of carboxylic acid groups (broad SMARTS) is 1. The Hall–Kier alpha value is -1.89. The fourth-order valence-electron chi connectivity index (χ4n) is 3.08. The van der Waals surface area contributed by atoms with E-state index in [4.69, 9.17) is 5.11 Å². The van der Waals surface area contributed by atoms with Crippen LogP contribution in [0.4, 0.5) is 11.6 Å². The minimum absolute atomic E-state index is 0.298. The number of piperazine rings is 1. The van der Waals surface area contributed by atoms with Crippen LogP contribution in [-0.4, -0.2) is 72.5 Å². The molecule has 0 spiro atoms. The third-order valence-corrected chi connectivity index (χ3v) is 4.56. The maximum Gasteiger partial charge on any atom is 0.308 e. The van der Waals surface area contributed by atoms with Gasteiger partial charge in [-0.2, -0.15) is 0 Å². The largest absolute Gasteiger partial charge is 0.481 e. The van der Waals surface area contributed by atoms with Crippen LogP contribution < -0.4 is 9.80 Å². The fourth-order valence-corrected chi connectivity index (χ4v) is 3.08. The predicted molar refractivity (Wildman–Crippen MR) is 84.3 cm³/mol. The molecule has 2 aliphatic heterocycles. The molecular weight excluding hydrogens is 282 g/mol. The summed E-state index contributed by atoms with van der Waals surface area (Å²) in [6.45, 7) is 5.39. The van der Waals surface area contributed by atoms with E-state index in [-0.39, 0.29) is 5.92 Å². The van der Waals surface area contributed by atoms with E-state index in [2.05, 4.69) is 27.0 Å². The summed E-state index contributed by atoms with van der Waals surface area (Å²) in [5.74, 6) is 0.673.